The zero-order valence-corrected chi connectivity index (χ0v) is 12.2. The Balaban J connectivity index is 1.97. The van der Waals surface area contributed by atoms with Gasteiger partial charge in [-0.1, -0.05) is 12.1 Å². The molecule has 0 aliphatic carbocycles. The molecule has 1 aromatic heterocycles. The van der Waals surface area contributed by atoms with Crippen molar-refractivity contribution < 1.29 is 9.50 Å². The van der Waals surface area contributed by atoms with Gasteiger partial charge >= 0.3 is 0 Å². The number of rotatable bonds is 2. The number of halogens is 2. The fourth-order valence-corrected chi connectivity index (χ4v) is 3.01. The Kier molecular flexibility index (Phi) is 3.67. The van der Waals surface area contributed by atoms with E-state index in [4.69, 9.17) is 0 Å². The molecule has 0 unspecified atom stereocenters. The topological polar surface area (TPSA) is 49.2 Å². The van der Waals surface area contributed by atoms with Crippen molar-refractivity contribution in [2.75, 3.05) is 11.4 Å². The number of aliphatic hydroxyl groups is 1. The number of nitrogens with zero attached hydrogens (tertiary/aromatic N) is 3. The molecule has 2 atom stereocenters. The van der Waals surface area contributed by atoms with Gasteiger partial charge in [0.25, 0.3) is 0 Å². The Morgan fingerprint density at radius 1 is 1.30 bits per heavy atom. The van der Waals surface area contributed by atoms with Crippen molar-refractivity contribution in [1.82, 2.24) is 9.97 Å². The molecule has 2 heterocycles. The van der Waals surface area contributed by atoms with Gasteiger partial charge in [-0.05, 0) is 40.0 Å². The van der Waals surface area contributed by atoms with Crippen molar-refractivity contribution in [3.05, 3.63) is 52.6 Å². The Hall–Kier alpha value is -1.53. The summed E-state index contributed by atoms with van der Waals surface area (Å²) >= 11 is 3.43. The van der Waals surface area contributed by atoms with Gasteiger partial charge in [0.15, 0.2) is 0 Å². The van der Waals surface area contributed by atoms with Crippen molar-refractivity contribution >= 4 is 21.7 Å². The average molecular weight is 338 g/mol. The molecule has 2 aromatic rings. The van der Waals surface area contributed by atoms with Crippen LogP contribution < -0.4 is 4.90 Å². The maximum Gasteiger partial charge on any atom is 0.146 e. The van der Waals surface area contributed by atoms with Gasteiger partial charge in [-0.2, -0.15) is 0 Å². The molecule has 1 aliphatic heterocycles. The highest BCUT2D eigenvalue weighted by molar-refractivity contribution is 9.10. The average Bonchev–Trinajstić information content (AvgIpc) is 2.82. The zero-order chi connectivity index (χ0) is 14.1. The van der Waals surface area contributed by atoms with Crippen LogP contribution in [0.25, 0.3) is 0 Å². The van der Waals surface area contributed by atoms with E-state index in [1.807, 2.05) is 4.90 Å². The number of β-amino-alcohol motifs (C(OH)–C–C–N with tert-alkyl or cyclic N) is 1. The fourth-order valence-electron chi connectivity index (χ4n) is 2.57. The molecule has 1 aromatic carbocycles. The van der Waals surface area contributed by atoms with E-state index >= 15 is 0 Å². The van der Waals surface area contributed by atoms with Crippen LogP contribution >= 0.6 is 15.9 Å². The van der Waals surface area contributed by atoms with E-state index in [1.54, 1.807) is 18.3 Å². The van der Waals surface area contributed by atoms with Crippen LogP contribution in [-0.4, -0.2) is 27.7 Å². The third-order valence-corrected chi connectivity index (χ3v) is 4.01. The summed E-state index contributed by atoms with van der Waals surface area (Å²) in [5.74, 6) is 0.480. The van der Waals surface area contributed by atoms with Crippen molar-refractivity contribution in [1.29, 1.82) is 0 Å². The van der Waals surface area contributed by atoms with E-state index in [0.29, 0.717) is 13.0 Å². The molecule has 6 heteroatoms. The first-order valence-corrected chi connectivity index (χ1v) is 7.10. The molecule has 3 rings (SSSR count). The molecule has 0 spiro atoms. The lowest BCUT2D eigenvalue weighted by Gasteiger charge is -2.26. The number of aromatic nitrogens is 2. The molecule has 1 fully saturated rings. The zero-order valence-electron chi connectivity index (χ0n) is 10.6. The molecular weight excluding hydrogens is 325 g/mol. The van der Waals surface area contributed by atoms with Crippen LogP contribution in [0.5, 0.6) is 0 Å². The molecule has 1 N–H and O–H groups in total. The summed E-state index contributed by atoms with van der Waals surface area (Å²) in [6.07, 6.45) is 3.33. The molecule has 1 aliphatic rings. The van der Waals surface area contributed by atoms with E-state index in [-0.39, 0.29) is 11.9 Å². The molecule has 104 valence electrons. The molecule has 0 amide bonds. The SMILES string of the molecule is O[C@H]1C[C@@H](c2ccc(F)cc2)N(c2ncncc2Br)C1. The van der Waals surface area contributed by atoms with Gasteiger partial charge in [0.2, 0.25) is 0 Å². The van der Waals surface area contributed by atoms with E-state index in [2.05, 4.69) is 25.9 Å². The highest BCUT2D eigenvalue weighted by Crippen LogP contribution is 2.37. The Morgan fingerprint density at radius 2 is 2.05 bits per heavy atom. The number of aliphatic hydroxyl groups excluding tert-OH is 1. The lowest BCUT2D eigenvalue weighted by atomic mass is 10.0. The van der Waals surface area contributed by atoms with Crippen LogP contribution in [0.3, 0.4) is 0 Å². The molecule has 20 heavy (non-hydrogen) atoms. The minimum absolute atomic E-state index is 0.0169. The van der Waals surface area contributed by atoms with Gasteiger partial charge in [-0.15, -0.1) is 0 Å². The van der Waals surface area contributed by atoms with Crippen molar-refractivity contribution in [3.8, 4) is 0 Å². The van der Waals surface area contributed by atoms with Gasteiger partial charge < -0.3 is 10.0 Å². The molecule has 0 radical (unpaired) electrons. The molecule has 1 saturated heterocycles. The Labute approximate surface area is 124 Å². The summed E-state index contributed by atoms with van der Waals surface area (Å²) in [6, 6.07) is 6.36. The van der Waals surface area contributed by atoms with Gasteiger partial charge in [0, 0.05) is 12.7 Å². The van der Waals surface area contributed by atoms with Crippen LogP contribution in [-0.2, 0) is 0 Å². The summed E-state index contributed by atoms with van der Waals surface area (Å²) in [4.78, 5) is 10.2. The normalized spacial score (nSPS) is 22.2. The van der Waals surface area contributed by atoms with Crippen molar-refractivity contribution in [2.45, 2.75) is 18.6 Å². The highest BCUT2D eigenvalue weighted by Gasteiger charge is 2.33. The standard InChI is InChI=1S/C14H13BrFN3O/c15-12-6-17-8-18-14(12)19-7-11(20)5-13(19)9-1-3-10(16)4-2-9/h1-4,6,8,11,13,20H,5,7H2/t11-,13-/m0/s1. The minimum atomic E-state index is -0.424. The number of anilines is 1. The molecule has 4 nitrogen and oxygen atoms in total. The smallest absolute Gasteiger partial charge is 0.146 e. The first kappa shape index (κ1) is 13.5. The molecule has 0 bridgehead atoms. The van der Waals surface area contributed by atoms with Gasteiger partial charge in [0.1, 0.15) is 18.0 Å². The predicted octanol–water partition coefficient (Wildman–Crippen LogP) is 2.69. The van der Waals surface area contributed by atoms with Crippen LogP contribution in [0.4, 0.5) is 10.2 Å². The van der Waals surface area contributed by atoms with Gasteiger partial charge in [-0.3, -0.25) is 0 Å². The van der Waals surface area contributed by atoms with Crippen LogP contribution in [0.1, 0.15) is 18.0 Å². The lowest BCUT2D eigenvalue weighted by molar-refractivity contribution is 0.194. The number of hydrogen-bond donors (Lipinski definition) is 1. The largest absolute Gasteiger partial charge is 0.391 e. The number of benzene rings is 1. The van der Waals surface area contributed by atoms with Gasteiger partial charge in [0.05, 0.1) is 16.6 Å². The maximum absolute atomic E-state index is 13.0. The van der Waals surface area contributed by atoms with E-state index in [1.165, 1.54) is 18.5 Å². The Bertz CT molecular complexity index is 608. The quantitative estimate of drug-likeness (QED) is 0.915. The second-order valence-electron chi connectivity index (χ2n) is 4.80. The van der Waals surface area contributed by atoms with Crippen molar-refractivity contribution in [2.24, 2.45) is 0 Å². The third kappa shape index (κ3) is 2.53. The summed E-state index contributed by atoms with van der Waals surface area (Å²) in [7, 11) is 0. The van der Waals surface area contributed by atoms with Crippen LogP contribution in [0.15, 0.2) is 41.3 Å². The second kappa shape index (κ2) is 5.46. The van der Waals surface area contributed by atoms with E-state index in [0.717, 1.165) is 15.9 Å². The minimum Gasteiger partial charge on any atom is -0.391 e. The van der Waals surface area contributed by atoms with E-state index in [9.17, 15) is 9.50 Å². The first-order valence-electron chi connectivity index (χ1n) is 6.31. The molecular formula is C14H13BrFN3O. The van der Waals surface area contributed by atoms with Crippen LogP contribution in [0, 0.1) is 5.82 Å². The second-order valence-corrected chi connectivity index (χ2v) is 5.66. The summed E-state index contributed by atoms with van der Waals surface area (Å²) in [6.45, 7) is 0.498. The third-order valence-electron chi connectivity index (χ3n) is 3.45. The first-order chi connectivity index (χ1) is 9.65. The van der Waals surface area contributed by atoms with Gasteiger partial charge in [-0.25, -0.2) is 14.4 Å². The fraction of sp³-hybridized carbons (Fsp3) is 0.286. The monoisotopic (exact) mass is 337 g/mol. The van der Waals surface area contributed by atoms with Crippen molar-refractivity contribution in [3.63, 3.8) is 0 Å². The van der Waals surface area contributed by atoms with Crippen LogP contribution in [0.2, 0.25) is 0 Å². The lowest BCUT2D eigenvalue weighted by Crippen LogP contribution is -2.25. The maximum atomic E-state index is 13.0. The summed E-state index contributed by atoms with van der Waals surface area (Å²) < 4.78 is 13.8. The molecule has 0 saturated carbocycles. The highest BCUT2D eigenvalue weighted by atomic mass is 79.9. The summed E-state index contributed by atoms with van der Waals surface area (Å²) in [5.41, 5.74) is 0.966. The van der Waals surface area contributed by atoms with E-state index < -0.39 is 6.10 Å². The predicted molar refractivity (Wildman–Crippen MR) is 76.8 cm³/mol. The summed E-state index contributed by atoms with van der Waals surface area (Å²) in [5, 5.41) is 9.96. The number of hydrogen-bond acceptors (Lipinski definition) is 4. The Morgan fingerprint density at radius 3 is 2.75 bits per heavy atom.